The SMILES string of the molecule is Cc1cnc(C(Cc2ccnc(N)c2)NN)c(C)c1. The van der Waals surface area contributed by atoms with Gasteiger partial charge in [0.2, 0.25) is 0 Å². The second-order valence-electron chi connectivity index (χ2n) is 4.73. The molecule has 5 heteroatoms. The molecule has 2 rings (SSSR count). The summed E-state index contributed by atoms with van der Waals surface area (Å²) in [5, 5.41) is 0. The molecule has 1 unspecified atom stereocenters. The van der Waals surface area contributed by atoms with E-state index in [1.54, 1.807) is 6.20 Å². The number of rotatable bonds is 4. The zero-order chi connectivity index (χ0) is 13.8. The van der Waals surface area contributed by atoms with E-state index in [0.29, 0.717) is 5.82 Å². The molecule has 19 heavy (non-hydrogen) atoms. The molecular formula is C14H19N5. The zero-order valence-corrected chi connectivity index (χ0v) is 11.2. The largest absolute Gasteiger partial charge is 0.384 e. The first-order valence-corrected chi connectivity index (χ1v) is 6.20. The lowest BCUT2D eigenvalue weighted by Crippen LogP contribution is -2.31. The van der Waals surface area contributed by atoms with Gasteiger partial charge in [-0.1, -0.05) is 6.07 Å². The molecule has 0 saturated heterocycles. The second kappa shape index (κ2) is 5.77. The maximum absolute atomic E-state index is 5.69. The van der Waals surface area contributed by atoms with Crippen LogP contribution in [0.15, 0.2) is 30.6 Å². The summed E-state index contributed by atoms with van der Waals surface area (Å²) in [5.74, 6) is 6.18. The summed E-state index contributed by atoms with van der Waals surface area (Å²) in [7, 11) is 0. The fourth-order valence-electron chi connectivity index (χ4n) is 2.18. The molecule has 100 valence electrons. The number of nitrogen functional groups attached to an aromatic ring is 1. The summed E-state index contributed by atoms with van der Waals surface area (Å²) in [5.41, 5.74) is 12.8. The summed E-state index contributed by atoms with van der Waals surface area (Å²) in [6.07, 6.45) is 4.28. The van der Waals surface area contributed by atoms with Gasteiger partial charge < -0.3 is 5.73 Å². The normalized spacial score (nSPS) is 12.4. The van der Waals surface area contributed by atoms with Crippen molar-refractivity contribution >= 4 is 5.82 Å². The monoisotopic (exact) mass is 257 g/mol. The average Bonchev–Trinajstić information content (AvgIpc) is 2.37. The van der Waals surface area contributed by atoms with Crippen LogP contribution in [-0.2, 0) is 6.42 Å². The summed E-state index contributed by atoms with van der Waals surface area (Å²) in [6, 6.07) is 5.86. The van der Waals surface area contributed by atoms with Crippen LogP contribution < -0.4 is 17.0 Å². The lowest BCUT2D eigenvalue weighted by atomic mass is 10.0. The zero-order valence-electron chi connectivity index (χ0n) is 11.2. The summed E-state index contributed by atoms with van der Waals surface area (Å²) >= 11 is 0. The summed E-state index contributed by atoms with van der Waals surface area (Å²) < 4.78 is 0. The Hall–Kier alpha value is -1.98. The topological polar surface area (TPSA) is 89.8 Å². The van der Waals surface area contributed by atoms with Crippen molar-refractivity contribution < 1.29 is 0 Å². The molecule has 0 saturated carbocycles. The Labute approximate surface area is 113 Å². The Kier molecular flexibility index (Phi) is 4.09. The lowest BCUT2D eigenvalue weighted by molar-refractivity contribution is 0.535. The number of pyridine rings is 2. The van der Waals surface area contributed by atoms with Crippen molar-refractivity contribution in [1.82, 2.24) is 15.4 Å². The van der Waals surface area contributed by atoms with E-state index in [9.17, 15) is 0 Å². The fraction of sp³-hybridized carbons (Fsp3) is 0.286. The molecule has 0 radical (unpaired) electrons. The van der Waals surface area contributed by atoms with Gasteiger partial charge in [0.25, 0.3) is 0 Å². The van der Waals surface area contributed by atoms with Gasteiger partial charge in [-0.3, -0.25) is 16.3 Å². The van der Waals surface area contributed by atoms with E-state index in [4.69, 9.17) is 11.6 Å². The maximum Gasteiger partial charge on any atom is 0.123 e. The number of anilines is 1. The first-order valence-electron chi connectivity index (χ1n) is 6.20. The molecule has 0 fully saturated rings. The highest BCUT2D eigenvalue weighted by Crippen LogP contribution is 2.20. The number of hydrogen-bond donors (Lipinski definition) is 3. The number of hydrazine groups is 1. The molecule has 0 aromatic carbocycles. The Balaban J connectivity index is 2.25. The number of nitrogens with two attached hydrogens (primary N) is 2. The number of aromatic nitrogens is 2. The van der Waals surface area contributed by atoms with E-state index in [1.807, 2.05) is 32.2 Å². The molecular weight excluding hydrogens is 238 g/mol. The van der Waals surface area contributed by atoms with E-state index in [2.05, 4.69) is 21.5 Å². The molecule has 0 aliphatic carbocycles. The Morgan fingerprint density at radius 3 is 2.68 bits per heavy atom. The highest BCUT2D eigenvalue weighted by molar-refractivity contribution is 5.33. The van der Waals surface area contributed by atoms with Gasteiger partial charge in [-0.15, -0.1) is 0 Å². The predicted octanol–water partition coefficient (Wildman–Crippen LogP) is 1.42. The van der Waals surface area contributed by atoms with Gasteiger partial charge >= 0.3 is 0 Å². The van der Waals surface area contributed by atoms with E-state index in [1.165, 1.54) is 0 Å². The van der Waals surface area contributed by atoms with Crippen LogP contribution >= 0.6 is 0 Å². The van der Waals surface area contributed by atoms with E-state index >= 15 is 0 Å². The second-order valence-corrected chi connectivity index (χ2v) is 4.73. The fourth-order valence-corrected chi connectivity index (χ4v) is 2.18. The van der Waals surface area contributed by atoms with Crippen LogP contribution in [0.25, 0.3) is 0 Å². The highest BCUT2D eigenvalue weighted by atomic mass is 15.2. The van der Waals surface area contributed by atoms with Crippen molar-refractivity contribution in [3.05, 3.63) is 53.0 Å². The third kappa shape index (κ3) is 3.27. The van der Waals surface area contributed by atoms with Crippen LogP contribution in [0.4, 0.5) is 5.82 Å². The van der Waals surface area contributed by atoms with Gasteiger partial charge in [0, 0.05) is 12.4 Å². The molecule has 2 aromatic rings. The van der Waals surface area contributed by atoms with Gasteiger partial charge in [-0.2, -0.15) is 0 Å². The first kappa shape index (κ1) is 13.5. The molecule has 0 spiro atoms. The van der Waals surface area contributed by atoms with E-state index < -0.39 is 0 Å². The molecule has 5 N–H and O–H groups in total. The third-order valence-electron chi connectivity index (χ3n) is 3.07. The van der Waals surface area contributed by atoms with Crippen molar-refractivity contribution in [2.24, 2.45) is 5.84 Å². The molecule has 5 nitrogen and oxygen atoms in total. The van der Waals surface area contributed by atoms with Gasteiger partial charge in [-0.05, 0) is 49.1 Å². The van der Waals surface area contributed by atoms with Gasteiger partial charge in [0.15, 0.2) is 0 Å². The molecule has 0 aliphatic heterocycles. The Bertz CT molecular complexity index is 568. The summed E-state index contributed by atoms with van der Waals surface area (Å²) in [4.78, 5) is 8.46. The first-order chi connectivity index (χ1) is 9.10. The van der Waals surface area contributed by atoms with Crippen LogP contribution in [0.3, 0.4) is 0 Å². The van der Waals surface area contributed by atoms with Crippen LogP contribution in [0.2, 0.25) is 0 Å². The van der Waals surface area contributed by atoms with Crippen molar-refractivity contribution in [3.63, 3.8) is 0 Å². The third-order valence-corrected chi connectivity index (χ3v) is 3.07. The molecule has 1 atom stereocenters. The van der Waals surface area contributed by atoms with Gasteiger partial charge in [0.1, 0.15) is 5.82 Å². The Morgan fingerprint density at radius 1 is 1.26 bits per heavy atom. The quantitative estimate of drug-likeness (QED) is 0.569. The number of hydrogen-bond acceptors (Lipinski definition) is 5. The summed E-state index contributed by atoms with van der Waals surface area (Å²) in [6.45, 7) is 4.07. The standard InChI is InChI=1S/C14H19N5/c1-9-5-10(2)14(18-8-9)12(19-16)6-11-3-4-17-13(15)7-11/h3-5,7-8,12,19H,6,16H2,1-2H3,(H2,15,17). The van der Waals surface area contributed by atoms with Crippen LogP contribution in [0.1, 0.15) is 28.4 Å². The molecule has 0 aliphatic rings. The van der Waals surface area contributed by atoms with Crippen LogP contribution in [0, 0.1) is 13.8 Å². The Morgan fingerprint density at radius 2 is 2.05 bits per heavy atom. The van der Waals surface area contributed by atoms with Crippen molar-refractivity contribution in [3.8, 4) is 0 Å². The number of nitrogens with zero attached hydrogens (tertiary/aromatic N) is 2. The minimum Gasteiger partial charge on any atom is -0.384 e. The van der Waals surface area contributed by atoms with Crippen LogP contribution in [-0.4, -0.2) is 9.97 Å². The average molecular weight is 257 g/mol. The maximum atomic E-state index is 5.69. The predicted molar refractivity (Wildman–Crippen MR) is 76.1 cm³/mol. The molecule has 0 amide bonds. The molecule has 0 bridgehead atoms. The lowest BCUT2D eigenvalue weighted by Gasteiger charge is -2.18. The van der Waals surface area contributed by atoms with Crippen LogP contribution in [0.5, 0.6) is 0 Å². The molecule has 2 aromatic heterocycles. The van der Waals surface area contributed by atoms with Gasteiger partial charge in [-0.25, -0.2) is 4.98 Å². The smallest absolute Gasteiger partial charge is 0.123 e. The van der Waals surface area contributed by atoms with E-state index in [0.717, 1.165) is 28.8 Å². The number of aryl methyl sites for hydroxylation is 2. The van der Waals surface area contributed by atoms with Gasteiger partial charge in [0.05, 0.1) is 11.7 Å². The van der Waals surface area contributed by atoms with Crippen molar-refractivity contribution in [2.45, 2.75) is 26.3 Å². The van der Waals surface area contributed by atoms with Crippen molar-refractivity contribution in [2.75, 3.05) is 5.73 Å². The number of nitrogens with one attached hydrogen (secondary N) is 1. The molecule has 2 heterocycles. The minimum atomic E-state index is -0.0394. The van der Waals surface area contributed by atoms with E-state index in [-0.39, 0.29) is 6.04 Å². The highest BCUT2D eigenvalue weighted by Gasteiger charge is 2.14. The minimum absolute atomic E-state index is 0.0394. The van der Waals surface area contributed by atoms with Crippen molar-refractivity contribution in [1.29, 1.82) is 0 Å².